The van der Waals surface area contributed by atoms with Gasteiger partial charge in [-0.05, 0) is 17.2 Å². The minimum Gasteiger partial charge on any atom is -0.507 e. The van der Waals surface area contributed by atoms with E-state index in [4.69, 9.17) is 11.0 Å². The first kappa shape index (κ1) is 12.0. The number of nitriles is 1. The first-order valence-corrected chi connectivity index (χ1v) is 4.64. The summed E-state index contributed by atoms with van der Waals surface area (Å²) >= 11 is 0. The molecule has 1 aromatic rings. The summed E-state index contributed by atoms with van der Waals surface area (Å²) in [4.78, 5) is 11.1. The molecule has 3 N–H and O–H groups in total. The van der Waals surface area contributed by atoms with Crippen molar-refractivity contribution < 1.29 is 14.6 Å². The Bertz CT molecular complexity index is 449. The van der Waals surface area contributed by atoms with Crippen LogP contribution in [0.15, 0.2) is 12.1 Å². The Hall–Kier alpha value is -2.06. The zero-order valence-electron chi connectivity index (χ0n) is 8.86. The van der Waals surface area contributed by atoms with Gasteiger partial charge in [0.05, 0.1) is 19.1 Å². The van der Waals surface area contributed by atoms with Crippen molar-refractivity contribution in [2.75, 3.05) is 7.11 Å². The van der Waals surface area contributed by atoms with Crippen molar-refractivity contribution in [2.24, 2.45) is 5.73 Å². The van der Waals surface area contributed by atoms with Crippen LogP contribution in [0, 0.1) is 11.3 Å². The number of carbonyl (C=O) groups excluding carboxylic acids is 1. The molecule has 0 aliphatic heterocycles. The molecule has 0 atom stereocenters. The van der Waals surface area contributed by atoms with Crippen LogP contribution in [0.5, 0.6) is 5.75 Å². The fourth-order valence-corrected chi connectivity index (χ4v) is 1.43. The highest BCUT2D eigenvalue weighted by Gasteiger charge is 2.14. The first-order chi connectivity index (χ1) is 7.63. The third kappa shape index (κ3) is 2.30. The Labute approximate surface area is 93.1 Å². The summed E-state index contributed by atoms with van der Waals surface area (Å²) in [7, 11) is 1.29. The van der Waals surface area contributed by atoms with Crippen molar-refractivity contribution in [1.29, 1.82) is 5.26 Å². The third-order valence-corrected chi connectivity index (χ3v) is 2.27. The predicted molar refractivity (Wildman–Crippen MR) is 56.4 cm³/mol. The summed E-state index contributed by atoms with van der Waals surface area (Å²) in [6.45, 7) is 0.0869. The molecule has 5 heteroatoms. The van der Waals surface area contributed by atoms with Crippen LogP contribution in [0.25, 0.3) is 0 Å². The van der Waals surface area contributed by atoms with Crippen molar-refractivity contribution in [3.63, 3.8) is 0 Å². The van der Waals surface area contributed by atoms with E-state index in [0.717, 1.165) is 0 Å². The zero-order chi connectivity index (χ0) is 12.1. The van der Waals surface area contributed by atoms with E-state index < -0.39 is 5.97 Å². The van der Waals surface area contributed by atoms with Gasteiger partial charge in [0.1, 0.15) is 11.8 Å². The third-order valence-electron chi connectivity index (χ3n) is 2.27. The number of phenolic OH excluding ortho intramolecular Hbond substituents is 1. The normalized spacial score (nSPS) is 9.56. The number of rotatable bonds is 3. The second kappa shape index (κ2) is 5.14. The highest BCUT2D eigenvalue weighted by atomic mass is 16.5. The van der Waals surface area contributed by atoms with Gasteiger partial charge < -0.3 is 15.6 Å². The minimum atomic E-state index is -0.413. The number of nitrogens with zero attached hydrogens (tertiary/aromatic N) is 1. The number of aromatic hydroxyl groups is 1. The molecule has 0 fully saturated rings. The van der Waals surface area contributed by atoms with Gasteiger partial charge in [-0.25, -0.2) is 0 Å². The van der Waals surface area contributed by atoms with Gasteiger partial charge in [-0.2, -0.15) is 5.26 Å². The molecule has 84 valence electrons. The summed E-state index contributed by atoms with van der Waals surface area (Å²) in [5.74, 6) is -0.541. The lowest BCUT2D eigenvalue weighted by Crippen LogP contribution is -2.10. The summed E-state index contributed by atoms with van der Waals surface area (Å²) in [6.07, 6.45) is 0.0397. The Kier molecular flexibility index (Phi) is 3.86. The van der Waals surface area contributed by atoms with Crippen LogP contribution < -0.4 is 5.73 Å². The number of benzene rings is 1. The molecule has 0 amide bonds. The minimum absolute atomic E-state index is 0.0397. The van der Waals surface area contributed by atoms with E-state index in [2.05, 4.69) is 4.74 Å². The molecule has 1 aromatic carbocycles. The molecule has 0 radical (unpaired) electrons. The second-order valence-electron chi connectivity index (χ2n) is 3.17. The Morgan fingerprint density at radius 2 is 2.31 bits per heavy atom. The van der Waals surface area contributed by atoms with Crippen LogP contribution in [0.4, 0.5) is 0 Å². The molecule has 1 rings (SSSR count). The molecule has 0 unspecified atom stereocenters. The van der Waals surface area contributed by atoms with E-state index >= 15 is 0 Å². The van der Waals surface area contributed by atoms with E-state index in [0.29, 0.717) is 11.1 Å². The molecular formula is C11H12N2O3. The smallest absolute Gasteiger partial charge is 0.309 e. The lowest BCUT2D eigenvalue weighted by Gasteiger charge is -2.09. The lowest BCUT2D eigenvalue weighted by atomic mass is 9.98. The van der Waals surface area contributed by atoms with Crippen molar-refractivity contribution in [3.8, 4) is 11.8 Å². The quantitative estimate of drug-likeness (QED) is 0.720. The van der Waals surface area contributed by atoms with Gasteiger partial charge in [-0.15, -0.1) is 0 Å². The van der Waals surface area contributed by atoms with E-state index in [9.17, 15) is 9.90 Å². The lowest BCUT2D eigenvalue weighted by molar-refractivity contribution is -0.139. The monoisotopic (exact) mass is 220 g/mol. The van der Waals surface area contributed by atoms with Gasteiger partial charge in [0.25, 0.3) is 0 Å². The van der Waals surface area contributed by atoms with Crippen LogP contribution in [-0.4, -0.2) is 18.2 Å². The molecule has 0 bridgehead atoms. The highest BCUT2D eigenvalue weighted by Crippen LogP contribution is 2.24. The van der Waals surface area contributed by atoms with Gasteiger partial charge in [0, 0.05) is 6.54 Å². The van der Waals surface area contributed by atoms with Gasteiger partial charge in [-0.1, -0.05) is 6.07 Å². The summed E-state index contributed by atoms with van der Waals surface area (Å²) in [5.41, 5.74) is 6.69. The maximum atomic E-state index is 11.1. The number of methoxy groups -OCH3 is 1. The molecule has 0 aliphatic carbocycles. The van der Waals surface area contributed by atoms with Crippen molar-refractivity contribution in [2.45, 2.75) is 13.0 Å². The number of phenols is 1. The molecule has 0 aliphatic rings. The van der Waals surface area contributed by atoms with Gasteiger partial charge in [-0.3, -0.25) is 4.79 Å². The number of hydrogen-bond acceptors (Lipinski definition) is 5. The molecule has 0 heterocycles. The van der Waals surface area contributed by atoms with E-state index in [1.807, 2.05) is 6.07 Å². The maximum absolute atomic E-state index is 11.1. The largest absolute Gasteiger partial charge is 0.507 e. The number of ether oxygens (including phenoxy) is 1. The number of nitrogens with two attached hydrogens (primary N) is 1. The molecule has 0 saturated heterocycles. The first-order valence-electron chi connectivity index (χ1n) is 4.64. The Balaban J connectivity index is 3.21. The average molecular weight is 220 g/mol. The SMILES string of the molecule is COC(=O)Cc1ccc(O)c(C#N)c1CN. The van der Waals surface area contributed by atoms with Crippen molar-refractivity contribution >= 4 is 5.97 Å². The Morgan fingerprint density at radius 3 is 2.81 bits per heavy atom. The van der Waals surface area contributed by atoms with Crippen LogP contribution in [0.3, 0.4) is 0 Å². The zero-order valence-corrected chi connectivity index (χ0v) is 8.86. The highest BCUT2D eigenvalue weighted by molar-refractivity contribution is 5.73. The van der Waals surface area contributed by atoms with E-state index in [1.165, 1.54) is 13.2 Å². The molecule has 0 saturated carbocycles. The van der Waals surface area contributed by atoms with E-state index in [1.54, 1.807) is 6.07 Å². The van der Waals surface area contributed by atoms with Gasteiger partial charge in [0.15, 0.2) is 0 Å². The van der Waals surface area contributed by atoms with Crippen molar-refractivity contribution in [1.82, 2.24) is 0 Å². The molecule has 16 heavy (non-hydrogen) atoms. The van der Waals surface area contributed by atoms with Crippen LogP contribution in [0.2, 0.25) is 0 Å². The number of carbonyl (C=O) groups is 1. The summed E-state index contributed by atoms with van der Waals surface area (Å²) < 4.78 is 4.53. The molecule has 0 spiro atoms. The topological polar surface area (TPSA) is 96.3 Å². The predicted octanol–water partition coefficient (Wildman–Crippen LogP) is 0.438. The molecule has 0 aromatic heterocycles. The van der Waals surface area contributed by atoms with Gasteiger partial charge >= 0.3 is 5.97 Å². The van der Waals surface area contributed by atoms with E-state index in [-0.39, 0.29) is 24.3 Å². The fraction of sp³-hybridized carbons (Fsp3) is 0.273. The summed E-state index contributed by atoms with van der Waals surface area (Å²) in [6, 6.07) is 4.80. The standard InChI is InChI=1S/C11H12N2O3/c1-16-11(15)4-7-2-3-10(14)9(6-13)8(7)5-12/h2-3,14H,4-5,12H2,1H3. The van der Waals surface area contributed by atoms with Gasteiger partial charge in [0.2, 0.25) is 0 Å². The maximum Gasteiger partial charge on any atom is 0.309 e. The number of esters is 1. The fourth-order valence-electron chi connectivity index (χ4n) is 1.43. The van der Waals surface area contributed by atoms with Crippen LogP contribution >= 0.6 is 0 Å². The summed E-state index contributed by atoms with van der Waals surface area (Å²) in [5, 5.41) is 18.3. The Morgan fingerprint density at radius 1 is 1.62 bits per heavy atom. The average Bonchev–Trinajstić information content (AvgIpc) is 2.30. The molecule has 5 nitrogen and oxygen atoms in total. The number of hydrogen-bond donors (Lipinski definition) is 2. The van der Waals surface area contributed by atoms with Crippen LogP contribution in [0.1, 0.15) is 16.7 Å². The van der Waals surface area contributed by atoms with Crippen molar-refractivity contribution in [3.05, 3.63) is 28.8 Å². The second-order valence-corrected chi connectivity index (χ2v) is 3.17. The van der Waals surface area contributed by atoms with Crippen LogP contribution in [-0.2, 0) is 22.5 Å². The molecular weight excluding hydrogens is 208 g/mol.